The van der Waals surface area contributed by atoms with Gasteiger partial charge in [-0.15, -0.1) is 0 Å². The van der Waals surface area contributed by atoms with E-state index in [9.17, 15) is 32.0 Å². The van der Waals surface area contributed by atoms with Crippen molar-refractivity contribution in [2.75, 3.05) is 13.2 Å². The molecule has 5 atom stereocenters. The van der Waals surface area contributed by atoms with E-state index < -0.39 is 74.5 Å². The third kappa shape index (κ3) is 8.15. The molecule has 2 aliphatic heterocycles. The number of hydrogen-bond donors (Lipinski definition) is 3. The van der Waals surface area contributed by atoms with Gasteiger partial charge in [-0.2, -0.15) is 0 Å². The minimum Gasteiger partial charge on any atom is -0.493 e. The van der Waals surface area contributed by atoms with E-state index in [1.54, 1.807) is 6.07 Å². The van der Waals surface area contributed by atoms with Crippen molar-refractivity contribution in [1.29, 1.82) is 0 Å². The Hall–Kier alpha value is -5.45. The van der Waals surface area contributed by atoms with Gasteiger partial charge >= 0.3 is 6.09 Å². The average molecular weight is 874 g/mol. The smallest absolute Gasteiger partial charge is 0.408 e. The second kappa shape index (κ2) is 16.7. The maximum Gasteiger partial charge on any atom is 0.408 e. The molecule has 4 fully saturated rings. The molecule has 0 spiro atoms. The third-order valence-electron chi connectivity index (χ3n) is 13.0. The lowest BCUT2D eigenvalue weighted by Gasteiger charge is -2.30. The number of fused-ring (bicyclic) bond motifs is 6. The Kier molecular flexibility index (Phi) is 11.3. The summed E-state index contributed by atoms with van der Waals surface area (Å²) in [5.41, 5.74) is 0.689. The summed E-state index contributed by atoms with van der Waals surface area (Å²) in [6, 6.07) is 5.53. The molecular formula is C45H52FN5O10S. The molecular weight excluding hydrogens is 822 g/mol. The molecule has 3 N–H and O–H groups in total. The van der Waals surface area contributed by atoms with Crippen molar-refractivity contribution >= 4 is 66.8 Å². The van der Waals surface area contributed by atoms with Gasteiger partial charge in [-0.25, -0.2) is 22.6 Å². The second-order valence-corrected chi connectivity index (χ2v) is 19.3. The fourth-order valence-corrected chi connectivity index (χ4v) is 10.7. The van der Waals surface area contributed by atoms with Gasteiger partial charge in [0.15, 0.2) is 11.3 Å². The molecule has 1 saturated heterocycles. The van der Waals surface area contributed by atoms with Crippen LogP contribution in [0.3, 0.4) is 0 Å². The van der Waals surface area contributed by atoms with Crippen LogP contribution in [0.1, 0.15) is 96.0 Å². The van der Waals surface area contributed by atoms with Gasteiger partial charge in [0.2, 0.25) is 21.8 Å². The van der Waals surface area contributed by atoms with Crippen LogP contribution < -0.4 is 24.8 Å². The number of hydrogen-bond acceptors (Lipinski definition) is 11. The molecule has 0 bridgehead atoms. The first-order chi connectivity index (χ1) is 29.8. The lowest BCUT2D eigenvalue weighted by atomic mass is 10.0. The number of aryl methyl sites for hydroxylation is 1. The van der Waals surface area contributed by atoms with E-state index in [2.05, 4.69) is 15.4 Å². The molecule has 0 unspecified atom stereocenters. The normalized spacial score (nSPS) is 26.6. The number of aromatic nitrogens is 1. The van der Waals surface area contributed by atoms with Gasteiger partial charge < -0.3 is 34.2 Å². The highest BCUT2D eigenvalue weighted by atomic mass is 32.2. The molecule has 2 aromatic heterocycles. The number of alkyl carbamates (subject to hydrolysis) is 1. The van der Waals surface area contributed by atoms with E-state index in [-0.39, 0.29) is 43.2 Å². The fraction of sp³-hybridized carbons (Fsp3) is 0.533. The number of benzene rings is 2. The summed E-state index contributed by atoms with van der Waals surface area (Å²) in [5.74, 6) is -2.13. The molecule has 3 saturated carbocycles. The number of allylic oxidation sites excluding steroid dienone is 1. The first kappa shape index (κ1) is 41.9. The quantitative estimate of drug-likeness (QED) is 0.158. The van der Waals surface area contributed by atoms with Crippen LogP contribution in [0.5, 0.6) is 11.5 Å². The monoisotopic (exact) mass is 873 g/mol. The number of pyridine rings is 1. The lowest BCUT2D eigenvalue weighted by molar-refractivity contribution is -0.141. The van der Waals surface area contributed by atoms with Gasteiger partial charge in [0.05, 0.1) is 23.9 Å². The Morgan fingerprint density at radius 1 is 1.00 bits per heavy atom. The van der Waals surface area contributed by atoms with Gasteiger partial charge in [0.1, 0.15) is 52.5 Å². The van der Waals surface area contributed by atoms with Crippen LogP contribution in [0.2, 0.25) is 0 Å². The SMILES string of the molecule is CCOc1ccc2c(oc3c(O[C@@H]4C[C@H]5C(=O)N[C@]6(C(=O)NS(=O)(=O)C7CC7)C[C@H]6/C=C\CCCCC[C@H](NC(=O)OC6CCCC6)C(=O)N5C4)c4ccc(F)cc4nc32)c1C. The summed E-state index contributed by atoms with van der Waals surface area (Å²) in [4.78, 5) is 62.9. The number of rotatable bonds is 9. The number of carbonyl (C=O) groups excluding carboxylic acids is 4. The Bertz CT molecular complexity index is 2590. The Labute approximate surface area is 358 Å². The highest BCUT2D eigenvalue weighted by molar-refractivity contribution is 7.91. The first-order valence-electron chi connectivity index (χ1n) is 21.9. The van der Waals surface area contributed by atoms with Crippen LogP contribution in [0, 0.1) is 18.7 Å². The number of halogens is 1. The molecule has 62 heavy (non-hydrogen) atoms. The van der Waals surface area contributed by atoms with Crippen LogP contribution in [0.25, 0.3) is 33.0 Å². The zero-order valence-electron chi connectivity index (χ0n) is 34.9. The highest BCUT2D eigenvalue weighted by Gasteiger charge is 2.62. The van der Waals surface area contributed by atoms with Gasteiger partial charge in [-0.3, -0.25) is 19.1 Å². The van der Waals surface area contributed by atoms with Gasteiger partial charge in [-0.1, -0.05) is 25.0 Å². The van der Waals surface area contributed by atoms with E-state index in [4.69, 9.17) is 23.6 Å². The van der Waals surface area contributed by atoms with Crippen molar-refractivity contribution < 1.29 is 50.6 Å². The molecule has 2 aromatic carbocycles. The summed E-state index contributed by atoms with van der Waals surface area (Å²) < 4.78 is 67.8. The summed E-state index contributed by atoms with van der Waals surface area (Å²) in [7, 11) is -3.94. The molecule has 15 nitrogen and oxygen atoms in total. The zero-order valence-corrected chi connectivity index (χ0v) is 35.7. The van der Waals surface area contributed by atoms with Crippen molar-refractivity contribution in [1.82, 2.24) is 25.2 Å². The van der Waals surface area contributed by atoms with E-state index >= 15 is 0 Å². The molecule has 4 amide bonds. The van der Waals surface area contributed by atoms with Crippen LogP contribution in [-0.2, 0) is 29.1 Å². The van der Waals surface area contributed by atoms with Gasteiger partial charge in [0.25, 0.3) is 5.91 Å². The van der Waals surface area contributed by atoms with E-state index in [0.29, 0.717) is 65.4 Å². The standard InChI is InChI=1S/C45H52FN5O10S/c1-3-58-36-20-19-32-37-40(61-38(32)25(36)2)39(31-18-15-27(46)21-34(31)47-37)59-29-22-35-41(52)49-45(43(54)50-62(56,57)30-16-17-30)23-26(45)11-7-5-4-6-8-14-33(42(53)51(35)24-29)48-44(55)60-28-12-9-10-13-28/h7,11,15,18-21,26,28-30,33,35H,3-6,8-10,12-14,16-17,22-24H2,1-2H3,(H,48,55)(H,49,52)(H,50,54)/b11-7-/t26-,29-,33+,35+,45-/m1/s1. The zero-order chi connectivity index (χ0) is 43.3. The average Bonchev–Trinajstić information content (AvgIpc) is 4.05. The predicted molar refractivity (Wildman–Crippen MR) is 226 cm³/mol. The van der Waals surface area contributed by atoms with Crippen molar-refractivity contribution in [2.45, 2.75) is 132 Å². The summed E-state index contributed by atoms with van der Waals surface area (Å²) in [5, 5.41) is 6.15. The van der Waals surface area contributed by atoms with Crippen LogP contribution >= 0.6 is 0 Å². The van der Waals surface area contributed by atoms with Gasteiger partial charge in [-0.05, 0) is 102 Å². The molecule has 17 heteroatoms. The topological polar surface area (TPSA) is 195 Å². The lowest BCUT2D eigenvalue weighted by Crippen LogP contribution is -2.58. The van der Waals surface area contributed by atoms with E-state index in [1.165, 1.54) is 17.0 Å². The van der Waals surface area contributed by atoms with E-state index in [1.807, 2.05) is 38.1 Å². The maximum absolute atomic E-state index is 14.8. The summed E-state index contributed by atoms with van der Waals surface area (Å²) >= 11 is 0. The van der Waals surface area contributed by atoms with Crippen molar-refractivity contribution in [3.05, 3.63) is 53.9 Å². The summed E-state index contributed by atoms with van der Waals surface area (Å²) in [6.07, 6.45) is 9.48. The largest absolute Gasteiger partial charge is 0.493 e. The molecule has 3 aliphatic carbocycles. The molecule has 330 valence electrons. The molecule has 9 rings (SSSR count). The predicted octanol–water partition coefficient (Wildman–Crippen LogP) is 6.37. The minimum absolute atomic E-state index is 0.0460. The highest BCUT2D eigenvalue weighted by Crippen LogP contribution is 2.47. The second-order valence-electron chi connectivity index (χ2n) is 17.4. The number of carbonyl (C=O) groups is 4. The Morgan fingerprint density at radius 3 is 2.55 bits per heavy atom. The van der Waals surface area contributed by atoms with Crippen LogP contribution in [0.4, 0.5) is 9.18 Å². The fourth-order valence-electron chi connectivity index (χ4n) is 9.34. The maximum atomic E-state index is 14.8. The number of nitrogens with one attached hydrogen (secondary N) is 3. The van der Waals surface area contributed by atoms with Crippen molar-refractivity contribution in [3.63, 3.8) is 0 Å². The van der Waals surface area contributed by atoms with Gasteiger partial charge in [0, 0.05) is 34.7 Å². The first-order valence-corrected chi connectivity index (χ1v) is 23.5. The number of furan rings is 1. The molecule has 4 heterocycles. The number of sulfonamides is 1. The van der Waals surface area contributed by atoms with Crippen molar-refractivity contribution in [3.8, 4) is 11.5 Å². The molecule has 5 aliphatic rings. The van der Waals surface area contributed by atoms with Crippen molar-refractivity contribution in [2.24, 2.45) is 5.92 Å². The Balaban J connectivity index is 1.08. The molecule has 0 radical (unpaired) electrons. The Morgan fingerprint density at radius 2 is 1.77 bits per heavy atom. The summed E-state index contributed by atoms with van der Waals surface area (Å²) in [6.45, 7) is 4.08. The minimum atomic E-state index is -3.94. The van der Waals surface area contributed by atoms with E-state index in [0.717, 1.165) is 44.1 Å². The number of amides is 4. The van der Waals surface area contributed by atoms with Crippen LogP contribution in [-0.4, -0.2) is 90.3 Å². The molecule has 4 aromatic rings. The van der Waals surface area contributed by atoms with Crippen LogP contribution in [0.15, 0.2) is 46.9 Å². The number of nitrogens with zero attached hydrogens (tertiary/aromatic N) is 2. The number of ether oxygens (including phenoxy) is 3. The third-order valence-corrected chi connectivity index (χ3v) is 14.8.